The smallest absolute Gasteiger partial charge is 0.338 e. The minimum Gasteiger partial charge on any atom is -0.497 e. The summed E-state index contributed by atoms with van der Waals surface area (Å²) in [6.07, 6.45) is 0. The van der Waals surface area contributed by atoms with Crippen LogP contribution < -0.4 is 20.1 Å². The summed E-state index contributed by atoms with van der Waals surface area (Å²) in [7, 11) is 2.93. The van der Waals surface area contributed by atoms with Crippen molar-refractivity contribution in [3.8, 4) is 11.5 Å². The maximum atomic E-state index is 12.4. The molecule has 0 aliphatic heterocycles. The van der Waals surface area contributed by atoms with Crippen molar-refractivity contribution >= 4 is 34.6 Å². The van der Waals surface area contributed by atoms with E-state index in [0.717, 1.165) is 6.07 Å². The highest BCUT2D eigenvalue weighted by Crippen LogP contribution is 2.30. The second kappa shape index (κ2) is 10.6. The second-order valence-electron chi connectivity index (χ2n) is 6.67. The molecule has 0 fully saturated rings. The number of methoxy groups -OCH3 is 2. The number of hydrogen-bond donors (Lipinski definition) is 2. The number of carbonyl (C=O) groups is 2. The molecule has 0 saturated heterocycles. The molecule has 10 heteroatoms. The van der Waals surface area contributed by atoms with Gasteiger partial charge in [0.25, 0.3) is 11.6 Å². The van der Waals surface area contributed by atoms with E-state index in [9.17, 15) is 19.7 Å². The van der Waals surface area contributed by atoms with Crippen LogP contribution in [0.3, 0.4) is 0 Å². The minimum atomic E-state index is -0.878. The molecule has 0 bridgehead atoms. The van der Waals surface area contributed by atoms with Crippen LogP contribution in [0.15, 0.2) is 66.7 Å². The van der Waals surface area contributed by atoms with Crippen molar-refractivity contribution in [2.75, 3.05) is 31.5 Å². The third kappa shape index (κ3) is 5.97. The maximum absolute atomic E-state index is 12.4. The van der Waals surface area contributed by atoms with Gasteiger partial charge in [-0.2, -0.15) is 0 Å². The third-order valence-electron chi connectivity index (χ3n) is 4.50. The molecule has 0 heterocycles. The fourth-order valence-electron chi connectivity index (χ4n) is 2.90. The van der Waals surface area contributed by atoms with E-state index >= 15 is 0 Å². The summed E-state index contributed by atoms with van der Waals surface area (Å²) in [4.78, 5) is 35.5. The van der Waals surface area contributed by atoms with Gasteiger partial charge in [0, 0.05) is 17.8 Å². The first-order chi connectivity index (χ1) is 15.9. The lowest BCUT2D eigenvalue weighted by Crippen LogP contribution is -2.21. The SMILES string of the molecule is COc1ccc(OC)c(NC(=O)COC(=O)c2ccc(Nc3ccccc3)c([N+](=O)[O-])c2)c1. The normalized spacial score (nSPS) is 10.1. The summed E-state index contributed by atoms with van der Waals surface area (Å²) in [5, 5.41) is 17.0. The number of nitro groups is 1. The summed E-state index contributed by atoms with van der Waals surface area (Å²) < 4.78 is 15.3. The Morgan fingerprint density at radius 1 is 0.939 bits per heavy atom. The van der Waals surface area contributed by atoms with Gasteiger partial charge < -0.3 is 24.8 Å². The molecule has 0 radical (unpaired) electrons. The molecular weight excluding hydrogens is 430 g/mol. The van der Waals surface area contributed by atoms with Crippen molar-refractivity contribution in [2.24, 2.45) is 0 Å². The van der Waals surface area contributed by atoms with Crippen LogP contribution >= 0.6 is 0 Å². The van der Waals surface area contributed by atoms with Crippen molar-refractivity contribution in [1.82, 2.24) is 0 Å². The highest BCUT2D eigenvalue weighted by atomic mass is 16.6. The van der Waals surface area contributed by atoms with Gasteiger partial charge in [-0.25, -0.2) is 4.79 Å². The van der Waals surface area contributed by atoms with Gasteiger partial charge in [-0.1, -0.05) is 18.2 Å². The number of benzene rings is 3. The van der Waals surface area contributed by atoms with E-state index in [-0.39, 0.29) is 16.9 Å². The zero-order valence-electron chi connectivity index (χ0n) is 17.9. The Bertz CT molecular complexity index is 1170. The summed E-state index contributed by atoms with van der Waals surface area (Å²) in [5.74, 6) is -0.601. The van der Waals surface area contributed by atoms with E-state index in [1.54, 1.807) is 42.5 Å². The fraction of sp³-hybridized carbons (Fsp3) is 0.130. The number of anilines is 3. The molecule has 0 aliphatic rings. The third-order valence-corrected chi connectivity index (χ3v) is 4.50. The van der Waals surface area contributed by atoms with Gasteiger partial charge >= 0.3 is 5.97 Å². The number of amides is 1. The Kier molecular flexibility index (Phi) is 7.43. The maximum Gasteiger partial charge on any atom is 0.338 e. The van der Waals surface area contributed by atoms with Crippen LogP contribution in [0.4, 0.5) is 22.7 Å². The minimum absolute atomic E-state index is 0.0629. The number of esters is 1. The number of nitrogens with one attached hydrogen (secondary N) is 2. The van der Waals surface area contributed by atoms with Crippen LogP contribution in [-0.4, -0.2) is 37.6 Å². The first-order valence-electron chi connectivity index (χ1n) is 9.70. The molecule has 1 amide bonds. The van der Waals surface area contributed by atoms with E-state index < -0.39 is 23.4 Å². The van der Waals surface area contributed by atoms with Crippen LogP contribution in [0.5, 0.6) is 11.5 Å². The summed E-state index contributed by atoms with van der Waals surface area (Å²) in [6.45, 7) is -0.600. The molecule has 0 aromatic heterocycles. The summed E-state index contributed by atoms with van der Waals surface area (Å²) in [5.41, 5.74) is 0.835. The van der Waals surface area contributed by atoms with Crippen molar-refractivity contribution < 1.29 is 28.7 Å². The average molecular weight is 451 g/mol. The van der Waals surface area contributed by atoms with Crippen molar-refractivity contribution in [1.29, 1.82) is 0 Å². The van der Waals surface area contributed by atoms with E-state index in [0.29, 0.717) is 22.9 Å². The molecule has 3 aromatic carbocycles. The van der Waals surface area contributed by atoms with Crippen molar-refractivity contribution in [3.63, 3.8) is 0 Å². The van der Waals surface area contributed by atoms with Crippen LogP contribution in [0.25, 0.3) is 0 Å². The summed E-state index contributed by atoms with van der Waals surface area (Å²) in [6, 6.07) is 17.6. The predicted octanol–water partition coefficient (Wildman–Crippen LogP) is 4.15. The molecule has 0 spiro atoms. The van der Waals surface area contributed by atoms with E-state index in [1.165, 1.54) is 26.4 Å². The molecular formula is C23H21N3O7. The molecule has 0 atom stereocenters. The van der Waals surface area contributed by atoms with Crippen molar-refractivity contribution in [2.45, 2.75) is 0 Å². The lowest BCUT2D eigenvalue weighted by molar-refractivity contribution is -0.383. The Morgan fingerprint density at radius 3 is 2.36 bits per heavy atom. The van der Waals surface area contributed by atoms with Crippen LogP contribution in [0.2, 0.25) is 0 Å². The molecule has 33 heavy (non-hydrogen) atoms. The number of rotatable bonds is 9. The zero-order chi connectivity index (χ0) is 23.8. The number of hydrogen-bond acceptors (Lipinski definition) is 8. The van der Waals surface area contributed by atoms with Gasteiger partial charge in [0.05, 0.1) is 30.4 Å². The Morgan fingerprint density at radius 2 is 1.70 bits per heavy atom. The van der Waals surface area contributed by atoms with Crippen LogP contribution in [0, 0.1) is 10.1 Å². The van der Waals surface area contributed by atoms with Gasteiger partial charge in [0.1, 0.15) is 17.2 Å². The molecule has 2 N–H and O–H groups in total. The number of carbonyl (C=O) groups excluding carboxylic acids is 2. The number of nitrogens with zero attached hydrogens (tertiary/aromatic N) is 1. The Hall–Kier alpha value is -4.60. The lowest BCUT2D eigenvalue weighted by atomic mass is 10.1. The van der Waals surface area contributed by atoms with E-state index in [1.807, 2.05) is 6.07 Å². The van der Waals surface area contributed by atoms with Crippen molar-refractivity contribution in [3.05, 3.63) is 82.4 Å². The standard InChI is InChI=1S/C23H21N3O7/c1-31-17-9-11-21(32-2)19(13-17)25-22(27)14-33-23(28)15-8-10-18(20(12-15)26(29)30)24-16-6-4-3-5-7-16/h3-13,24H,14H2,1-2H3,(H,25,27). The Labute approximate surface area is 189 Å². The number of ether oxygens (including phenoxy) is 3. The largest absolute Gasteiger partial charge is 0.497 e. The van der Waals surface area contributed by atoms with Gasteiger partial charge in [0.2, 0.25) is 0 Å². The summed E-state index contributed by atoms with van der Waals surface area (Å²) >= 11 is 0. The molecule has 10 nitrogen and oxygen atoms in total. The molecule has 3 aromatic rings. The van der Waals surface area contributed by atoms with Gasteiger partial charge in [0.15, 0.2) is 6.61 Å². The van der Waals surface area contributed by atoms with Crippen LogP contribution in [-0.2, 0) is 9.53 Å². The van der Waals surface area contributed by atoms with Gasteiger partial charge in [-0.3, -0.25) is 14.9 Å². The molecule has 0 unspecified atom stereocenters. The molecule has 0 saturated carbocycles. The van der Waals surface area contributed by atoms with E-state index in [4.69, 9.17) is 14.2 Å². The first-order valence-corrected chi connectivity index (χ1v) is 9.70. The molecule has 0 aliphatic carbocycles. The van der Waals surface area contributed by atoms with Gasteiger partial charge in [-0.15, -0.1) is 0 Å². The monoisotopic (exact) mass is 451 g/mol. The lowest BCUT2D eigenvalue weighted by Gasteiger charge is -2.12. The highest BCUT2D eigenvalue weighted by Gasteiger charge is 2.19. The zero-order valence-corrected chi connectivity index (χ0v) is 17.9. The topological polar surface area (TPSA) is 129 Å². The fourth-order valence-corrected chi connectivity index (χ4v) is 2.90. The average Bonchev–Trinajstić information content (AvgIpc) is 2.83. The predicted molar refractivity (Wildman–Crippen MR) is 121 cm³/mol. The second-order valence-corrected chi connectivity index (χ2v) is 6.67. The van der Waals surface area contributed by atoms with E-state index in [2.05, 4.69) is 10.6 Å². The Balaban J connectivity index is 1.67. The number of para-hydroxylation sites is 1. The quantitative estimate of drug-likeness (QED) is 0.282. The highest BCUT2D eigenvalue weighted by molar-refractivity contribution is 5.97. The van der Waals surface area contributed by atoms with Crippen LogP contribution in [0.1, 0.15) is 10.4 Å². The first kappa shape index (κ1) is 23.1. The molecule has 3 rings (SSSR count). The molecule has 170 valence electrons. The van der Waals surface area contributed by atoms with Gasteiger partial charge in [-0.05, 0) is 36.4 Å². The number of nitro benzene ring substituents is 1.